The van der Waals surface area contributed by atoms with Crippen LogP contribution in [0.5, 0.6) is 0 Å². The second kappa shape index (κ2) is 2.94. The SMILES string of the molecule is N#CC=C1CC2(CCCCC2)C1. The van der Waals surface area contributed by atoms with E-state index in [9.17, 15) is 0 Å². The zero-order valence-electron chi connectivity index (χ0n) is 7.47. The molecule has 0 unspecified atom stereocenters. The highest BCUT2D eigenvalue weighted by Crippen LogP contribution is 2.54. The summed E-state index contributed by atoms with van der Waals surface area (Å²) < 4.78 is 0. The molecule has 64 valence electrons. The maximum absolute atomic E-state index is 8.46. The Kier molecular flexibility index (Phi) is 1.92. The number of hydrogen-bond donors (Lipinski definition) is 0. The van der Waals surface area contributed by atoms with E-state index in [1.54, 1.807) is 6.08 Å². The van der Waals surface area contributed by atoms with Crippen molar-refractivity contribution in [2.24, 2.45) is 5.41 Å². The number of allylic oxidation sites excluding steroid dienone is 2. The molecule has 2 fully saturated rings. The van der Waals surface area contributed by atoms with E-state index >= 15 is 0 Å². The topological polar surface area (TPSA) is 23.8 Å². The molecular formula is C11H15N. The maximum atomic E-state index is 8.46. The van der Waals surface area contributed by atoms with Crippen LogP contribution in [0.1, 0.15) is 44.9 Å². The molecule has 2 aliphatic rings. The molecule has 1 nitrogen and oxygen atoms in total. The number of hydrogen-bond acceptors (Lipinski definition) is 1. The Morgan fingerprint density at radius 2 is 1.83 bits per heavy atom. The highest BCUT2D eigenvalue weighted by Gasteiger charge is 2.40. The van der Waals surface area contributed by atoms with Gasteiger partial charge in [0.05, 0.1) is 6.07 Å². The zero-order chi connectivity index (χ0) is 8.44. The Bertz CT molecular complexity index is 228. The molecule has 2 saturated carbocycles. The van der Waals surface area contributed by atoms with Crippen molar-refractivity contribution in [1.82, 2.24) is 0 Å². The molecule has 1 spiro atoms. The predicted octanol–water partition coefficient (Wildman–Crippen LogP) is 3.18. The van der Waals surface area contributed by atoms with E-state index in [2.05, 4.69) is 6.07 Å². The number of rotatable bonds is 0. The lowest BCUT2D eigenvalue weighted by molar-refractivity contribution is 0.131. The van der Waals surface area contributed by atoms with E-state index in [4.69, 9.17) is 5.26 Å². The lowest BCUT2D eigenvalue weighted by atomic mass is 9.58. The average molecular weight is 161 g/mol. The van der Waals surface area contributed by atoms with Gasteiger partial charge in [0.2, 0.25) is 0 Å². The molecule has 2 aliphatic carbocycles. The Morgan fingerprint density at radius 1 is 1.17 bits per heavy atom. The van der Waals surface area contributed by atoms with Crippen LogP contribution in [-0.4, -0.2) is 0 Å². The minimum absolute atomic E-state index is 0.654. The van der Waals surface area contributed by atoms with Crippen LogP contribution < -0.4 is 0 Å². The smallest absolute Gasteiger partial charge is 0.0911 e. The molecule has 0 saturated heterocycles. The molecule has 0 radical (unpaired) electrons. The van der Waals surface area contributed by atoms with Crippen molar-refractivity contribution in [2.75, 3.05) is 0 Å². The molecule has 0 aromatic heterocycles. The lowest BCUT2D eigenvalue weighted by Gasteiger charge is -2.46. The van der Waals surface area contributed by atoms with E-state index in [0.29, 0.717) is 5.41 Å². The van der Waals surface area contributed by atoms with Crippen molar-refractivity contribution in [3.05, 3.63) is 11.6 Å². The van der Waals surface area contributed by atoms with Gasteiger partial charge < -0.3 is 0 Å². The van der Waals surface area contributed by atoms with Crippen molar-refractivity contribution < 1.29 is 0 Å². The van der Waals surface area contributed by atoms with Gasteiger partial charge in [0.25, 0.3) is 0 Å². The van der Waals surface area contributed by atoms with Crippen molar-refractivity contribution in [3.63, 3.8) is 0 Å². The van der Waals surface area contributed by atoms with E-state index in [1.807, 2.05) is 0 Å². The summed E-state index contributed by atoms with van der Waals surface area (Å²) in [6, 6.07) is 2.13. The van der Waals surface area contributed by atoms with Gasteiger partial charge in [-0.2, -0.15) is 5.26 Å². The molecular weight excluding hydrogens is 146 g/mol. The van der Waals surface area contributed by atoms with Gasteiger partial charge in [0.1, 0.15) is 0 Å². The van der Waals surface area contributed by atoms with Gasteiger partial charge in [-0.15, -0.1) is 0 Å². The quantitative estimate of drug-likeness (QED) is 0.500. The average Bonchev–Trinajstić information content (AvgIpc) is 2.04. The second-order valence-corrected chi connectivity index (χ2v) is 4.35. The second-order valence-electron chi connectivity index (χ2n) is 4.35. The molecule has 1 heteroatoms. The van der Waals surface area contributed by atoms with Crippen LogP contribution in [-0.2, 0) is 0 Å². The third-order valence-corrected chi connectivity index (χ3v) is 3.39. The molecule has 2 rings (SSSR count). The van der Waals surface area contributed by atoms with Gasteiger partial charge in [-0.05, 0) is 31.1 Å². The van der Waals surface area contributed by atoms with E-state index in [1.165, 1.54) is 50.5 Å². The van der Waals surface area contributed by atoms with E-state index < -0.39 is 0 Å². The van der Waals surface area contributed by atoms with Crippen LogP contribution in [0.25, 0.3) is 0 Å². The Balaban J connectivity index is 1.93. The highest BCUT2D eigenvalue weighted by atomic mass is 14.4. The molecule has 0 atom stereocenters. The molecule has 0 N–H and O–H groups in total. The van der Waals surface area contributed by atoms with Crippen molar-refractivity contribution in [3.8, 4) is 6.07 Å². The summed E-state index contributed by atoms with van der Waals surface area (Å²) in [5, 5.41) is 8.46. The third-order valence-electron chi connectivity index (χ3n) is 3.39. The summed E-state index contributed by atoms with van der Waals surface area (Å²) >= 11 is 0. The standard InChI is InChI=1S/C11H15N/c12-7-4-10-8-11(9-10)5-2-1-3-6-11/h4H,1-3,5-6,8-9H2. The molecule has 0 heterocycles. The van der Waals surface area contributed by atoms with Crippen LogP contribution in [0.15, 0.2) is 11.6 Å². The first-order valence-corrected chi connectivity index (χ1v) is 4.92. The summed E-state index contributed by atoms with van der Waals surface area (Å²) in [5.74, 6) is 0. The van der Waals surface area contributed by atoms with Crippen molar-refractivity contribution >= 4 is 0 Å². The Labute approximate surface area is 74.1 Å². The summed E-state index contributed by atoms with van der Waals surface area (Å²) in [5.41, 5.74) is 2.04. The Hall–Kier alpha value is -0.770. The van der Waals surface area contributed by atoms with E-state index in [0.717, 1.165) is 0 Å². The normalized spacial score (nSPS) is 26.1. The van der Waals surface area contributed by atoms with Crippen LogP contribution >= 0.6 is 0 Å². The summed E-state index contributed by atoms with van der Waals surface area (Å²) in [7, 11) is 0. The van der Waals surface area contributed by atoms with Gasteiger partial charge >= 0.3 is 0 Å². The van der Waals surface area contributed by atoms with Gasteiger partial charge in [-0.1, -0.05) is 24.8 Å². The van der Waals surface area contributed by atoms with Gasteiger partial charge in [-0.25, -0.2) is 0 Å². The minimum atomic E-state index is 0.654. The predicted molar refractivity (Wildman–Crippen MR) is 48.4 cm³/mol. The van der Waals surface area contributed by atoms with Crippen LogP contribution in [0, 0.1) is 16.7 Å². The molecule has 0 aliphatic heterocycles. The first-order chi connectivity index (χ1) is 5.85. The maximum Gasteiger partial charge on any atom is 0.0911 e. The first-order valence-electron chi connectivity index (χ1n) is 4.92. The fourth-order valence-electron chi connectivity index (χ4n) is 2.76. The first kappa shape index (κ1) is 7.86. The molecule has 12 heavy (non-hydrogen) atoms. The van der Waals surface area contributed by atoms with Gasteiger partial charge in [-0.3, -0.25) is 0 Å². The Morgan fingerprint density at radius 3 is 2.42 bits per heavy atom. The zero-order valence-corrected chi connectivity index (χ0v) is 7.47. The van der Waals surface area contributed by atoms with Crippen molar-refractivity contribution in [1.29, 1.82) is 5.26 Å². The highest BCUT2D eigenvalue weighted by molar-refractivity contribution is 5.24. The summed E-state index contributed by atoms with van der Waals surface area (Å²) in [6.07, 6.45) is 11.3. The third kappa shape index (κ3) is 1.27. The fourth-order valence-corrected chi connectivity index (χ4v) is 2.76. The minimum Gasteiger partial charge on any atom is -0.193 e. The van der Waals surface area contributed by atoms with Crippen LogP contribution in [0.2, 0.25) is 0 Å². The van der Waals surface area contributed by atoms with E-state index in [-0.39, 0.29) is 0 Å². The molecule has 0 aromatic rings. The summed E-state index contributed by atoms with van der Waals surface area (Å²) in [6.45, 7) is 0. The lowest BCUT2D eigenvalue weighted by Crippen LogP contribution is -2.33. The number of nitriles is 1. The molecule has 0 amide bonds. The summed E-state index contributed by atoms with van der Waals surface area (Å²) in [4.78, 5) is 0. The van der Waals surface area contributed by atoms with Crippen molar-refractivity contribution in [2.45, 2.75) is 44.9 Å². The largest absolute Gasteiger partial charge is 0.193 e. The van der Waals surface area contributed by atoms with Gasteiger partial charge in [0.15, 0.2) is 0 Å². The number of nitrogens with zero attached hydrogens (tertiary/aromatic N) is 1. The fraction of sp³-hybridized carbons (Fsp3) is 0.727. The monoisotopic (exact) mass is 161 g/mol. The van der Waals surface area contributed by atoms with Gasteiger partial charge in [0, 0.05) is 6.08 Å². The molecule has 0 bridgehead atoms. The van der Waals surface area contributed by atoms with Crippen LogP contribution in [0.4, 0.5) is 0 Å². The van der Waals surface area contributed by atoms with Crippen LogP contribution in [0.3, 0.4) is 0 Å². The molecule has 0 aromatic carbocycles.